The van der Waals surface area contributed by atoms with E-state index in [9.17, 15) is 30.8 Å². The Morgan fingerprint density at radius 3 is 2.08 bits per heavy atom. The largest absolute Gasteiger partial charge is 0.287 e. The van der Waals surface area contributed by atoms with E-state index in [1.807, 2.05) is 5.43 Å². The number of carbonyl (C=O) groups is 1. The summed E-state index contributed by atoms with van der Waals surface area (Å²) < 4.78 is 82.4. The molecule has 4 rings (SSSR count). The molecule has 0 atom stereocenters. The molecular formula is C22H17Cl3F4N4O3S. The van der Waals surface area contributed by atoms with Gasteiger partial charge in [0.05, 0.1) is 35.9 Å². The number of amides is 1. The predicted molar refractivity (Wildman–Crippen MR) is 131 cm³/mol. The number of nitrogens with one attached hydrogen (secondary N) is 1. The summed E-state index contributed by atoms with van der Waals surface area (Å²) in [7, 11) is -4.22. The smallest absolute Gasteiger partial charge is 0.283 e. The van der Waals surface area contributed by atoms with Crippen LogP contribution in [-0.4, -0.2) is 60.3 Å². The van der Waals surface area contributed by atoms with Crippen molar-refractivity contribution in [2.24, 2.45) is 0 Å². The quantitative estimate of drug-likeness (QED) is 0.390. The van der Waals surface area contributed by atoms with Crippen molar-refractivity contribution in [1.82, 2.24) is 20.2 Å². The van der Waals surface area contributed by atoms with E-state index >= 15 is 0 Å². The van der Waals surface area contributed by atoms with Crippen molar-refractivity contribution in [2.45, 2.75) is 23.2 Å². The molecule has 1 aliphatic heterocycles. The molecule has 0 unspecified atom stereocenters. The lowest BCUT2D eigenvalue weighted by atomic mass is 10.1. The molecule has 0 saturated carbocycles. The van der Waals surface area contributed by atoms with Gasteiger partial charge in [-0.3, -0.25) is 10.2 Å². The van der Waals surface area contributed by atoms with Crippen LogP contribution >= 0.6 is 34.8 Å². The van der Waals surface area contributed by atoms with Crippen LogP contribution in [0.1, 0.15) is 16.9 Å². The summed E-state index contributed by atoms with van der Waals surface area (Å²) in [5.41, 5.74) is 1.54. The van der Waals surface area contributed by atoms with E-state index < -0.39 is 57.7 Å². The van der Waals surface area contributed by atoms with Crippen molar-refractivity contribution in [1.29, 1.82) is 0 Å². The summed E-state index contributed by atoms with van der Waals surface area (Å²) in [5, 5.41) is 5.13. The van der Waals surface area contributed by atoms with E-state index in [-0.39, 0.29) is 27.0 Å². The molecule has 198 valence electrons. The number of hydrogen-bond donors (Lipinski definition) is 1. The third-order valence-corrected chi connectivity index (χ3v) is 7.22. The van der Waals surface area contributed by atoms with E-state index in [1.165, 1.54) is 42.5 Å². The van der Waals surface area contributed by atoms with Crippen LogP contribution in [0.25, 0.3) is 16.9 Å². The Balaban J connectivity index is 1.90. The zero-order valence-corrected chi connectivity index (χ0v) is 21.9. The predicted octanol–water partition coefficient (Wildman–Crippen LogP) is 5.52. The molecule has 15 heteroatoms. The molecule has 3 aromatic rings. The topological polar surface area (TPSA) is 84.3 Å². The van der Waals surface area contributed by atoms with Crippen molar-refractivity contribution in [3.63, 3.8) is 0 Å². The first-order chi connectivity index (χ1) is 17.1. The van der Waals surface area contributed by atoms with Crippen molar-refractivity contribution < 1.29 is 30.8 Å². The minimum Gasteiger partial charge on any atom is -0.283 e. The minimum atomic E-state index is -4.22. The molecule has 7 nitrogen and oxygen atoms in total. The van der Waals surface area contributed by atoms with Gasteiger partial charge in [0.25, 0.3) is 17.8 Å². The number of aromatic nitrogens is 2. The highest BCUT2D eigenvalue weighted by molar-refractivity contribution is 7.91. The van der Waals surface area contributed by atoms with E-state index in [2.05, 4.69) is 5.10 Å². The average Bonchev–Trinajstić information content (AvgIpc) is 3.13. The molecule has 1 saturated heterocycles. The lowest BCUT2D eigenvalue weighted by Gasteiger charge is -2.36. The normalized spacial score (nSPS) is 17.5. The second kappa shape index (κ2) is 9.73. The van der Waals surface area contributed by atoms with Crippen LogP contribution in [0.2, 0.25) is 15.1 Å². The van der Waals surface area contributed by atoms with Crippen molar-refractivity contribution >= 4 is 50.5 Å². The fourth-order valence-corrected chi connectivity index (χ4v) is 5.63. The molecular weight excluding hydrogens is 583 g/mol. The third-order valence-electron chi connectivity index (χ3n) is 5.30. The molecule has 0 spiro atoms. The SMILES string of the molecule is CS(=O)(=O)c1c(C(=O)NN2CC(F)(F)CC(F)(F)C2)nn(-c2ccc(Cl)cc2Cl)c1-c1ccc(Cl)cc1. The van der Waals surface area contributed by atoms with Crippen molar-refractivity contribution in [3.8, 4) is 16.9 Å². The highest BCUT2D eigenvalue weighted by Crippen LogP contribution is 2.38. The number of carbonyl (C=O) groups excluding carboxylic acids is 1. The van der Waals surface area contributed by atoms with E-state index in [4.69, 9.17) is 34.8 Å². The van der Waals surface area contributed by atoms with E-state index in [0.29, 0.717) is 10.0 Å². The monoisotopic (exact) mass is 598 g/mol. The number of halogens is 7. The van der Waals surface area contributed by atoms with Gasteiger partial charge in [-0.2, -0.15) is 5.10 Å². The van der Waals surface area contributed by atoms with Crippen molar-refractivity contribution in [3.05, 3.63) is 63.2 Å². The third kappa shape index (κ3) is 6.04. The maximum Gasteiger partial charge on any atom is 0.287 e. The van der Waals surface area contributed by atoms with Crippen LogP contribution in [-0.2, 0) is 9.84 Å². The Bertz CT molecular complexity index is 1470. The Morgan fingerprint density at radius 2 is 1.54 bits per heavy atom. The average molecular weight is 600 g/mol. The van der Waals surface area contributed by atoms with Gasteiger partial charge >= 0.3 is 0 Å². The Hall–Kier alpha value is -2.38. The highest BCUT2D eigenvalue weighted by atomic mass is 35.5. The zero-order valence-electron chi connectivity index (χ0n) is 18.8. The second-order valence-electron chi connectivity index (χ2n) is 8.50. The number of sulfone groups is 1. The number of hydrazine groups is 1. The molecule has 1 amide bonds. The summed E-state index contributed by atoms with van der Waals surface area (Å²) >= 11 is 18.3. The van der Waals surface area contributed by atoms with Crippen molar-refractivity contribution in [2.75, 3.05) is 19.3 Å². The lowest BCUT2D eigenvalue weighted by molar-refractivity contribution is -0.178. The first-order valence-electron chi connectivity index (χ1n) is 10.4. The highest BCUT2D eigenvalue weighted by Gasteiger charge is 2.51. The number of hydrogen-bond acceptors (Lipinski definition) is 5. The Kier molecular flexibility index (Phi) is 7.27. The van der Waals surface area contributed by atoms with Crippen LogP contribution in [0.5, 0.6) is 0 Å². The number of benzene rings is 2. The number of nitrogens with zero attached hydrogens (tertiary/aromatic N) is 3. The first-order valence-corrected chi connectivity index (χ1v) is 13.4. The van der Waals surface area contributed by atoms with Gasteiger partial charge in [-0.1, -0.05) is 46.9 Å². The molecule has 1 N–H and O–H groups in total. The molecule has 1 aliphatic rings. The summed E-state index contributed by atoms with van der Waals surface area (Å²) in [4.78, 5) is 12.6. The molecule has 1 aromatic heterocycles. The van der Waals surface area contributed by atoms with Crippen LogP contribution in [0.4, 0.5) is 17.6 Å². The molecule has 1 fully saturated rings. The van der Waals surface area contributed by atoms with Gasteiger partial charge in [0.1, 0.15) is 4.90 Å². The standard InChI is InChI=1S/C22H17Cl3F4N4O3S/c1-37(35,36)19-17(20(34)31-32-10-21(26,27)9-22(28,29)11-32)30-33(16-7-6-14(24)8-15(16)25)18(19)12-2-4-13(23)5-3-12/h2-8H,9-11H2,1H3,(H,31,34). The molecule has 0 bridgehead atoms. The van der Waals surface area contributed by atoms with Gasteiger partial charge in [0, 0.05) is 21.9 Å². The molecule has 2 heterocycles. The van der Waals surface area contributed by atoms with Crippen LogP contribution in [0.3, 0.4) is 0 Å². The van der Waals surface area contributed by atoms with Gasteiger partial charge in [0.2, 0.25) is 0 Å². The van der Waals surface area contributed by atoms with Gasteiger partial charge in [0.15, 0.2) is 15.5 Å². The van der Waals surface area contributed by atoms with E-state index in [1.54, 1.807) is 0 Å². The summed E-state index contributed by atoms with van der Waals surface area (Å²) in [6.07, 6.45) is -0.859. The van der Waals surface area contributed by atoms with E-state index in [0.717, 1.165) is 10.9 Å². The Morgan fingerprint density at radius 1 is 0.973 bits per heavy atom. The lowest BCUT2D eigenvalue weighted by Crippen LogP contribution is -2.58. The van der Waals surface area contributed by atoms with Gasteiger partial charge in [-0.15, -0.1) is 0 Å². The molecule has 37 heavy (non-hydrogen) atoms. The summed E-state index contributed by atoms with van der Waals surface area (Å²) in [6.45, 7) is -2.40. The summed E-state index contributed by atoms with van der Waals surface area (Å²) in [6, 6.07) is 10.1. The maximum atomic E-state index is 13.9. The zero-order chi connectivity index (χ0) is 27.3. The first kappa shape index (κ1) is 27.6. The maximum absolute atomic E-state index is 13.9. The summed E-state index contributed by atoms with van der Waals surface area (Å²) in [5.74, 6) is -8.87. The van der Waals surface area contributed by atoms with Crippen LogP contribution in [0.15, 0.2) is 47.4 Å². The molecule has 0 radical (unpaired) electrons. The number of piperidine rings is 1. The van der Waals surface area contributed by atoms with Crippen LogP contribution in [0, 0.1) is 0 Å². The fourth-order valence-electron chi connectivity index (χ4n) is 3.97. The fraction of sp³-hybridized carbons (Fsp3) is 0.273. The molecule has 0 aliphatic carbocycles. The number of rotatable bonds is 5. The van der Waals surface area contributed by atoms with Gasteiger partial charge in [-0.05, 0) is 30.3 Å². The van der Waals surface area contributed by atoms with Crippen LogP contribution < -0.4 is 5.43 Å². The molecule has 2 aromatic carbocycles. The number of alkyl halides is 4. The van der Waals surface area contributed by atoms with Gasteiger partial charge in [-0.25, -0.2) is 35.7 Å². The minimum absolute atomic E-state index is 0.0486. The second-order valence-corrected chi connectivity index (χ2v) is 11.7. The Labute approximate surface area is 223 Å². The van der Waals surface area contributed by atoms with Gasteiger partial charge < -0.3 is 0 Å².